The van der Waals surface area contributed by atoms with Gasteiger partial charge in [-0.25, -0.2) is 28.5 Å². The molecule has 3 atom stereocenters. The monoisotopic (exact) mass is 542 g/mol. The number of anilines is 1. The normalized spacial score (nSPS) is 19.2. The van der Waals surface area contributed by atoms with E-state index < -0.39 is 29.6 Å². The van der Waals surface area contributed by atoms with E-state index in [0.717, 1.165) is 25.5 Å². The molecule has 0 aromatic carbocycles. The van der Waals surface area contributed by atoms with E-state index >= 15 is 0 Å². The molecule has 1 aliphatic heterocycles. The van der Waals surface area contributed by atoms with E-state index in [0.29, 0.717) is 17.1 Å². The van der Waals surface area contributed by atoms with Crippen molar-refractivity contribution in [3.8, 4) is 11.6 Å². The average Bonchev–Trinajstić information content (AvgIpc) is 3.49. The van der Waals surface area contributed by atoms with E-state index in [2.05, 4.69) is 20.4 Å². The van der Waals surface area contributed by atoms with Crippen LogP contribution in [0.2, 0.25) is 0 Å². The Balaban J connectivity index is 1.42. The van der Waals surface area contributed by atoms with Crippen LogP contribution in [0.25, 0.3) is 5.65 Å². The van der Waals surface area contributed by atoms with Crippen molar-refractivity contribution in [2.24, 2.45) is 0 Å². The highest BCUT2D eigenvalue weighted by Crippen LogP contribution is 2.42. The molecule has 0 saturated heterocycles. The zero-order valence-electron chi connectivity index (χ0n) is 22.2. The maximum absolute atomic E-state index is 14.4. The van der Waals surface area contributed by atoms with Crippen molar-refractivity contribution in [2.75, 3.05) is 11.4 Å². The smallest absolute Gasteiger partial charge is 0.407 e. The van der Waals surface area contributed by atoms with Gasteiger partial charge in [0.15, 0.2) is 17.2 Å². The minimum absolute atomic E-state index is 0.0333. The molecule has 0 spiro atoms. The summed E-state index contributed by atoms with van der Waals surface area (Å²) in [5.74, 6) is -0.538. The summed E-state index contributed by atoms with van der Waals surface area (Å²) >= 11 is 0. The molecule has 3 aromatic rings. The number of fused-ring (bicyclic) bond motifs is 3. The minimum atomic E-state index is -1.14. The van der Waals surface area contributed by atoms with Crippen LogP contribution in [0.4, 0.5) is 15.0 Å². The second kappa shape index (κ2) is 10.2. The molecule has 13 heteroatoms. The summed E-state index contributed by atoms with van der Waals surface area (Å²) < 4.78 is 33.3. The number of nitrogens with one attached hydrogen (secondary N) is 1. The molecule has 5 rings (SSSR count). The number of pyridine rings is 1. The first-order chi connectivity index (χ1) is 18.5. The van der Waals surface area contributed by atoms with Gasteiger partial charge >= 0.3 is 12.1 Å². The summed E-state index contributed by atoms with van der Waals surface area (Å²) in [6, 6.07) is 1.31. The van der Waals surface area contributed by atoms with Gasteiger partial charge in [-0.3, -0.25) is 0 Å². The molecular weight excluding hydrogens is 511 g/mol. The number of carbonyl (C=O) groups excluding carboxylic acids is 1. The number of aromatic nitrogens is 4. The Kier molecular flexibility index (Phi) is 6.91. The Morgan fingerprint density at radius 3 is 2.85 bits per heavy atom. The Morgan fingerprint density at radius 1 is 1.31 bits per heavy atom. The van der Waals surface area contributed by atoms with E-state index in [1.165, 1.54) is 16.8 Å². The maximum Gasteiger partial charge on any atom is 0.407 e. The minimum Gasteiger partial charge on any atom is -0.483 e. The third-order valence-electron chi connectivity index (χ3n) is 6.52. The molecule has 12 nitrogen and oxygen atoms in total. The molecule has 0 radical (unpaired) electrons. The number of halogens is 1. The summed E-state index contributed by atoms with van der Waals surface area (Å²) in [5, 5.41) is 16.3. The summed E-state index contributed by atoms with van der Waals surface area (Å²) in [4.78, 5) is 34.6. The number of rotatable bonds is 7. The quantitative estimate of drug-likeness (QED) is 0.455. The molecule has 3 aromatic heterocycles. The molecule has 0 unspecified atom stereocenters. The number of alkyl carbamates (subject to hydrolysis) is 1. The molecule has 39 heavy (non-hydrogen) atoms. The van der Waals surface area contributed by atoms with E-state index in [4.69, 9.17) is 14.2 Å². The summed E-state index contributed by atoms with van der Waals surface area (Å²) in [6.07, 6.45) is 5.39. The molecule has 1 aliphatic carbocycles. The summed E-state index contributed by atoms with van der Waals surface area (Å²) in [7, 11) is 0. The van der Waals surface area contributed by atoms with Crippen molar-refractivity contribution < 1.29 is 33.3 Å². The second-order valence-electron chi connectivity index (χ2n) is 10.8. The van der Waals surface area contributed by atoms with Gasteiger partial charge in [0.1, 0.15) is 29.2 Å². The highest BCUT2D eigenvalue weighted by atomic mass is 19.1. The largest absolute Gasteiger partial charge is 0.483 e. The standard InChI is InChI=1S/C26H31FN6O6/c1-14(9-29-25(36)39-26(2,3)4)37-23-15(8-16(27)10-28-23)12-32-18-6-5-7-19(18)38-20-13-33-21(31-22(20)32)17(11-30-33)24(34)35/h8,10-11,13-14,18-19H,5-7,9,12H2,1-4H3,(H,29,36)(H,34,35)/t14-,18+,19-/m0/s1. The van der Waals surface area contributed by atoms with Gasteiger partial charge in [-0.05, 0) is 53.0 Å². The van der Waals surface area contributed by atoms with Crippen molar-refractivity contribution in [3.63, 3.8) is 0 Å². The van der Waals surface area contributed by atoms with Crippen LogP contribution in [-0.4, -0.2) is 67.1 Å². The zero-order chi connectivity index (χ0) is 27.9. The van der Waals surface area contributed by atoms with E-state index in [1.807, 2.05) is 4.90 Å². The lowest BCUT2D eigenvalue weighted by Gasteiger charge is -2.39. The van der Waals surface area contributed by atoms with Crippen LogP contribution in [0.3, 0.4) is 0 Å². The number of carboxylic acid groups (broad SMARTS) is 1. The number of amides is 1. The number of carbonyl (C=O) groups is 2. The number of ether oxygens (including phenoxy) is 3. The van der Waals surface area contributed by atoms with Crippen LogP contribution in [-0.2, 0) is 11.3 Å². The summed E-state index contributed by atoms with van der Waals surface area (Å²) in [5.41, 5.74) is -0.00365. The van der Waals surface area contributed by atoms with Gasteiger partial charge in [0.25, 0.3) is 0 Å². The fraction of sp³-hybridized carbons (Fsp3) is 0.500. The fourth-order valence-electron chi connectivity index (χ4n) is 4.88. The summed E-state index contributed by atoms with van der Waals surface area (Å²) in [6.45, 7) is 7.43. The first-order valence-electron chi connectivity index (χ1n) is 12.8. The van der Waals surface area contributed by atoms with Crippen molar-refractivity contribution in [3.05, 3.63) is 41.6 Å². The van der Waals surface area contributed by atoms with Gasteiger partial charge in [0.2, 0.25) is 5.88 Å². The molecule has 0 bridgehead atoms. The highest BCUT2D eigenvalue weighted by molar-refractivity contribution is 5.94. The van der Waals surface area contributed by atoms with Crippen LogP contribution in [0.1, 0.15) is 62.9 Å². The van der Waals surface area contributed by atoms with E-state index in [9.17, 15) is 19.1 Å². The Bertz CT molecular complexity index is 1410. The number of hydrogen-bond donors (Lipinski definition) is 2. The van der Waals surface area contributed by atoms with Crippen LogP contribution in [0.5, 0.6) is 11.6 Å². The number of nitrogens with zero attached hydrogens (tertiary/aromatic N) is 5. The lowest BCUT2D eigenvalue weighted by Crippen LogP contribution is -2.47. The van der Waals surface area contributed by atoms with Crippen molar-refractivity contribution >= 4 is 23.5 Å². The van der Waals surface area contributed by atoms with E-state index in [1.54, 1.807) is 33.9 Å². The molecule has 2 N–H and O–H groups in total. The molecule has 2 aliphatic rings. The topological polar surface area (TPSA) is 140 Å². The second-order valence-corrected chi connectivity index (χ2v) is 10.8. The predicted octanol–water partition coefficient (Wildman–Crippen LogP) is 3.57. The van der Waals surface area contributed by atoms with E-state index in [-0.39, 0.29) is 42.3 Å². The molecule has 208 valence electrons. The van der Waals surface area contributed by atoms with Gasteiger partial charge in [-0.2, -0.15) is 5.10 Å². The molecule has 4 heterocycles. The Labute approximate surface area is 224 Å². The van der Waals surface area contributed by atoms with Crippen molar-refractivity contribution in [1.82, 2.24) is 24.9 Å². The van der Waals surface area contributed by atoms with Crippen LogP contribution in [0, 0.1) is 5.82 Å². The van der Waals surface area contributed by atoms with Gasteiger partial charge in [-0.15, -0.1) is 0 Å². The van der Waals surface area contributed by atoms with Crippen LogP contribution >= 0.6 is 0 Å². The van der Waals surface area contributed by atoms with Gasteiger partial charge < -0.3 is 29.5 Å². The van der Waals surface area contributed by atoms with Crippen molar-refractivity contribution in [2.45, 2.75) is 77.4 Å². The number of carboxylic acids is 1. The molecule has 1 saturated carbocycles. The molecule has 1 fully saturated rings. The van der Waals surface area contributed by atoms with Gasteiger partial charge in [0.05, 0.1) is 37.7 Å². The number of hydrogen-bond acceptors (Lipinski definition) is 9. The van der Waals surface area contributed by atoms with Crippen molar-refractivity contribution in [1.29, 1.82) is 0 Å². The SMILES string of the molecule is C[C@@H](CNC(=O)OC(C)(C)C)Oc1ncc(F)cc1CN1c2nc3c(C(=O)O)cnn3cc2O[C@H]2CCC[C@H]21. The fourth-order valence-corrected chi connectivity index (χ4v) is 4.88. The van der Waals surface area contributed by atoms with Crippen LogP contribution in [0.15, 0.2) is 24.7 Å². The predicted molar refractivity (Wildman–Crippen MR) is 137 cm³/mol. The third kappa shape index (κ3) is 5.66. The maximum atomic E-state index is 14.4. The lowest BCUT2D eigenvalue weighted by molar-refractivity contribution is 0.0503. The Morgan fingerprint density at radius 2 is 2.10 bits per heavy atom. The molecular formula is C26H31FN6O6. The number of aromatic carboxylic acids is 1. The van der Waals surface area contributed by atoms with Gasteiger partial charge in [0, 0.05) is 5.56 Å². The lowest BCUT2D eigenvalue weighted by atomic mass is 10.1. The highest BCUT2D eigenvalue weighted by Gasteiger charge is 2.41. The van der Waals surface area contributed by atoms with Crippen LogP contribution < -0.4 is 19.7 Å². The third-order valence-corrected chi connectivity index (χ3v) is 6.52. The van der Waals surface area contributed by atoms with Gasteiger partial charge in [-0.1, -0.05) is 0 Å². The average molecular weight is 543 g/mol. The Hall–Kier alpha value is -4.16. The zero-order valence-corrected chi connectivity index (χ0v) is 22.2. The first kappa shape index (κ1) is 26.4. The first-order valence-corrected chi connectivity index (χ1v) is 12.8. The molecule has 1 amide bonds.